The lowest BCUT2D eigenvalue weighted by molar-refractivity contribution is 0.251. The van der Waals surface area contributed by atoms with Crippen molar-refractivity contribution in [1.82, 2.24) is 14.7 Å². The van der Waals surface area contributed by atoms with Crippen LogP contribution in [0.3, 0.4) is 0 Å². The Hall–Kier alpha value is -1.56. The van der Waals surface area contributed by atoms with E-state index in [1.54, 1.807) is 0 Å². The maximum absolute atomic E-state index is 8.57. The zero-order valence-electron chi connectivity index (χ0n) is 12.1. The van der Waals surface area contributed by atoms with Crippen LogP contribution in [0.25, 0.3) is 0 Å². The summed E-state index contributed by atoms with van der Waals surface area (Å²) < 4.78 is 1.82. The summed E-state index contributed by atoms with van der Waals surface area (Å²) in [7, 11) is 1.92. The molecule has 19 heavy (non-hydrogen) atoms. The Morgan fingerprint density at radius 1 is 1.53 bits per heavy atom. The summed E-state index contributed by atoms with van der Waals surface area (Å²) >= 11 is 0. The van der Waals surface area contributed by atoms with Gasteiger partial charge in [0, 0.05) is 39.3 Å². The van der Waals surface area contributed by atoms with Crippen LogP contribution in [0.5, 0.6) is 0 Å². The van der Waals surface area contributed by atoms with Crippen molar-refractivity contribution in [1.29, 1.82) is 0 Å². The van der Waals surface area contributed by atoms with Gasteiger partial charge in [0.2, 0.25) is 0 Å². The molecule has 108 valence electrons. The van der Waals surface area contributed by atoms with Crippen molar-refractivity contribution in [3.05, 3.63) is 18.0 Å². The minimum atomic E-state index is 0.287. The van der Waals surface area contributed by atoms with E-state index in [1.165, 1.54) is 5.56 Å². The van der Waals surface area contributed by atoms with E-state index in [0.29, 0.717) is 12.3 Å². The topological polar surface area (TPSA) is 79.7 Å². The van der Waals surface area contributed by atoms with Crippen molar-refractivity contribution in [3.63, 3.8) is 0 Å². The highest BCUT2D eigenvalue weighted by atomic mass is 16.4. The predicted octanol–water partition coefficient (Wildman–Crippen LogP) is 1.06. The summed E-state index contributed by atoms with van der Waals surface area (Å²) in [5.41, 5.74) is 6.76. The lowest BCUT2D eigenvalue weighted by Gasteiger charge is -2.23. The van der Waals surface area contributed by atoms with E-state index >= 15 is 0 Å². The molecular weight excluding hydrogens is 242 g/mol. The summed E-state index contributed by atoms with van der Waals surface area (Å²) in [5, 5.41) is 15.8. The number of oxime groups is 1. The zero-order valence-corrected chi connectivity index (χ0v) is 12.1. The van der Waals surface area contributed by atoms with Gasteiger partial charge in [-0.15, -0.1) is 0 Å². The van der Waals surface area contributed by atoms with Gasteiger partial charge in [0.15, 0.2) is 0 Å². The number of hydrogen-bond donors (Lipinski definition) is 2. The fraction of sp³-hybridized carbons (Fsp3) is 0.692. The Balaban J connectivity index is 2.44. The second-order valence-electron chi connectivity index (χ2n) is 5.31. The zero-order chi connectivity index (χ0) is 14.3. The molecule has 1 heterocycles. The number of aryl methyl sites for hydroxylation is 1. The van der Waals surface area contributed by atoms with Crippen LogP contribution in [0.4, 0.5) is 0 Å². The van der Waals surface area contributed by atoms with E-state index in [9.17, 15) is 0 Å². The quantitative estimate of drug-likeness (QED) is 0.319. The molecule has 0 unspecified atom stereocenters. The number of hydrogen-bond acceptors (Lipinski definition) is 4. The number of nitrogens with zero attached hydrogens (tertiary/aromatic N) is 4. The molecule has 6 nitrogen and oxygen atoms in total. The minimum absolute atomic E-state index is 0.287. The van der Waals surface area contributed by atoms with Gasteiger partial charge in [0.1, 0.15) is 5.84 Å². The molecule has 0 spiro atoms. The van der Waals surface area contributed by atoms with Crippen molar-refractivity contribution in [3.8, 4) is 0 Å². The minimum Gasteiger partial charge on any atom is -0.409 e. The molecule has 0 saturated carbocycles. The lowest BCUT2D eigenvalue weighted by Crippen LogP contribution is -2.33. The molecule has 0 aromatic carbocycles. The fourth-order valence-electron chi connectivity index (χ4n) is 2.02. The molecule has 1 rings (SSSR count). The summed E-state index contributed by atoms with van der Waals surface area (Å²) in [5.74, 6) is 0.885. The third-order valence-electron chi connectivity index (χ3n) is 2.91. The van der Waals surface area contributed by atoms with Gasteiger partial charge in [-0.3, -0.25) is 4.68 Å². The molecule has 0 amide bonds. The van der Waals surface area contributed by atoms with Gasteiger partial charge in [-0.05, 0) is 17.9 Å². The van der Waals surface area contributed by atoms with E-state index < -0.39 is 0 Å². The third-order valence-corrected chi connectivity index (χ3v) is 2.91. The first-order chi connectivity index (χ1) is 9.01. The molecule has 0 fully saturated rings. The smallest absolute Gasteiger partial charge is 0.140 e. The molecule has 1 aromatic rings. The average Bonchev–Trinajstić information content (AvgIpc) is 2.77. The van der Waals surface area contributed by atoms with Crippen molar-refractivity contribution in [2.45, 2.75) is 26.7 Å². The van der Waals surface area contributed by atoms with Crippen LogP contribution in [0.15, 0.2) is 17.5 Å². The Morgan fingerprint density at radius 2 is 2.26 bits per heavy atom. The molecule has 0 saturated heterocycles. The Labute approximate surface area is 114 Å². The maximum Gasteiger partial charge on any atom is 0.140 e. The van der Waals surface area contributed by atoms with Crippen LogP contribution in [-0.4, -0.2) is 45.4 Å². The van der Waals surface area contributed by atoms with Crippen molar-refractivity contribution in [2.24, 2.45) is 23.9 Å². The Morgan fingerprint density at radius 3 is 2.79 bits per heavy atom. The Kier molecular flexibility index (Phi) is 6.35. The highest BCUT2D eigenvalue weighted by molar-refractivity contribution is 5.79. The number of aromatic nitrogens is 2. The van der Waals surface area contributed by atoms with Gasteiger partial charge < -0.3 is 15.8 Å². The van der Waals surface area contributed by atoms with Crippen LogP contribution in [0, 0.1) is 5.92 Å². The summed E-state index contributed by atoms with van der Waals surface area (Å²) in [6.07, 6.45) is 5.50. The number of nitrogens with two attached hydrogens (primary N) is 1. The molecule has 0 atom stereocenters. The second-order valence-corrected chi connectivity index (χ2v) is 5.31. The van der Waals surface area contributed by atoms with Gasteiger partial charge in [-0.2, -0.15) is 5.10 Å². The van der Waals surface area contributed by atoms with E-state index in [0.717, 1.165) is 26.1 Å². The molecule has 0 radical (unpaired) electrons. The molecule has 0 aliphatic heterocycles. The average molecular weight is 267 g/mol. The first-order valence-electron chi connectivity index (χ1n) is 6.67. The molecular formula is C13H25N5O. The van der Waals surface area contributed by atoms with E-state index in [1.807, 2.05) is 24.1 Å². The standard InChI is InChI=1S/C13H25N5O/c1-11(2)9-18(7-5-13(14)16-19)6-4-12-8-15-17(3)10-12/h8,10-11,19H,4-7,9H2,1-3H3,(H2,14,16). The van der Waals surface area contributed by atoms with Gasteiger partial charge >= 0.3 is 0 Å². The van der Waals surface area contributed by atoms with Crippen LogP contribution in [0.2, 0.25) is 0 Å². The van der Waals surface area contributed by atoms with Crippen molar-refractivity contribution >= 4 is 5.84 Å². The monoisotopic (exact) mass is 267 g/mol. The van der Waals surface area contributed by atoms with E-state index in [4.69, 9.17) is 10.9 Å². The largest absolute Gasteiger partial charge is 0.409 e. The fourth-order valence-corrected chi connectivity index (χ4v) is 2.02. The summed E-state index contributed by atoms with van der Waals surface area (Å²) in [6.45, 7) is 7.18. The van der Waals surface area contributed by atoms with Crippen LogP contribution in [0.1, 0.15) is 25.8 Å². The third kappa shape index (κ3) is 6.24. The van der Waals surface area contributed by atoms with Crippen LogP contribution < -0.4 is 5.73 Å². The first kappa shape index (κ1) is 15.5. The normalized spacial score (nSPS) is 12.6. The second kappa shape index (κ2) is 7.78. The van der Waals surface area contributed by atoms with Crippen molar-refractivity contribution < 1.29 is 5.21 Å². The van der Waals surface area contributed by atoms with Crippen molar-refractivity contribution in [2.75, 3.05) is 19.6 Å². The van der Waals surface area contributed by atoms with E-state index in [-0.39, 0.29) is 5.84 Å². The molecule has 0 aliphatic rings. The van der Waals surface area contributed by atoms with Gasteiger partial charge in [0.25, 0.3) is 0 Å². The van der Waals surface area contributed by atoms with Crippen LogP contribution >= 0.6 is 0 Å². The molecule has 0 bridgehead atoms. The van der Waals surface area contributed by atoms with Gasteiger partial charge in [-0.1, -0.05) is 19.0 Å². The number of rotatable bonds is 8. The lowest BCUT2D eigenvalue weighted by atomic mass is 10.1. The van der Waals surface area contributed by atoms with Gasteiger partial charge in [-0.25, -0.2) is 0 Å². The summed E-state index contributed by atoms with van der Waals surface area (Å²) in [4.78, 5) is 2.34. The molecule has 3 N–H and O–H groups in total. The van der Waals surface area contributed by atoms with E-state index in [2.05, 4.69) is 29.0 Å². The summed E-state index contributed by atoms with van der Waals surface area (Å²) in [6, 6.07) is 0. The van der Waals surface area contributed by atoms with Crippen LogP contribution in [-0.2, 0) is 13.5 Å². The first-order valence-corrected chi connectivity index (χ1v) is 6.67. The SMILES string of the molecule is CC(C)CN(CCC(N)=NO)CCc1cnn(C)c1. The number of amidine groups is 1. The predicted molar refractivity (Wildman–Crippen MR) is 76.2 cm³/mol. The highest BCUT2D eigenvalue weighted by Crippen LogP contribution is 2.04. The van der Waals surface area contributed by atoms with Gasteiger partial charge in [0.05, 0.1) is 6.20 Å². The molecule has 0 aliphatic carbocycles. The Bertz CT molecular complexity index is 399. The highest BCUT2D eigenvalue weighted by Gasteiger charge is 2.09. The molecule has 6 heteroatoms. The maximum atomic E-state index is 8.57. The molecule has 1 aromatic heterocycles.